The minimum atomic E-state index is -0.697. The van der Waals surface area contributed by atoms with Crippen molar-refractivity contribution in [1.29, 1.82) is 0 Å². The fraction of sp³-hybridized carbons (Fsp3) is 0. The summed E-state index contributed by atoms with van der Waals surface area (Å²) < 4.78 is 4.62. The highest BCUT2D eigenvalue weighted by Gasteiger charge is 2.28. The monoisotopic (exact) mass is 266 g/mol. The summed E-state index contributed by atoms with van der Waals surface area (Å²) in [4.78, 5) is 23.2. The molecule has 0 fully saturated rings. The molecule has 1 aliphatic rings. The maximum absolute atomic E-state index is 11.6. The molecule has 1 heterocycles. The number of cyclic esters (lactones) is 2. The van der Waals surface area contributed by atoms with Gasteiger partial charge in [0, 0.05) is 10.8 Å². The first kappa shape index (κ1) is 10.6. The van der Waals surface area contributed by atoms with Gasteiger partial charge < -0.3 is 4.74 Å². The molecule has 1 aliphatic heterocycles. The summed E-state index contributed by atoms with van der Waals surface area (Å²) in [5, 5.41) is 1.67. The molecule has 0 aliphatic carbocycles. The Balaban J connectivity index is 2.59. The predicted octanol–water partition coefficient (Wildman–Crippen LogP) is 3.46. The molecule has 0 N–H and O–H groups in total. The lowest BCUT2D eigenvalue weighted by molar-refractivity contribution is 0.0391. The summed E-state index contributed by atoms with van der Waals surface area (Å²) in [7, 11) is 0. The third-order valence-electron chi connectivity index (χ3n) is 2.68. The number of carbonyl (C=O) groups is 2. The maximum atomic E-state index is 11.6. The van der Waals surface area contributed by atoms with E-state index >= 15 is 0 Å². The molecule has 0 spiro atoms. The molecule has 0 unspecified atom stereocenters. The van der Waals surface area contributed by atoms with Gasteiger partial charge in [-0.25, -0.2) is 9.59 Å². The van der Waals surface area contributed by atoms with E-state index in [2.05, 4.69) is 4.74 Å². The highest BCUT2D eigenvalue weighted by molar-refractivity contribution is 6.46. The van der Waals surface area contributed by atoms with Gasteiger partial charge in [-0.15, -0.1) is 0 Å². The van der Waals surface area contributed by atoms with Gasteiger partial charge >= 0.3 is 11.9 Å². The van der Waals surface area contributed by atoms with Crippen LogP contribution in [0, 0.1) is 0 Å². The van der Waals surface area contributed by atoms with Crippen molar-refractivity contribution in [3.05, 3.63) is 45.4 Å². The molecule has 5 heteroatoms. The third kappa shape index (κ3) is 1.36. The first-order valence-electron chi connectivity index (χ1n) is 4.77. The lowest BCUT2D eigenvalue weighted by Gasteiger charge is -2.16. The van der Waals surface area contributed by atoms with E-state index < -0.39 is 11.9 Å². The number of ether oxygens (including phenoxy) is 1. The molecule has 3 nitrogen and oxygen atoms in total. The Bertz CT molecular complexity index is 692. The fourth-order valence-corrected chi connectivity index (χ4v) is 2.36. The van der Waals surface area contributed by atoms with Crippen LogP contribution in [0.15, 0.2) is 24.3 Å². The van der Waals surface area contributed by atoms with Crippen LogP contribution in [-0.4, -0.2) is 11.9 Å². The predicted molar refractivity (Wildman–Crippen MR) is 63.7 cm³/mol. The van der Waals surface area contributed by atoms with Crippen molar-refractivity contribution in [3.8, 4) is 0 Å². The molecule has 0 bridgehead atoms. The minimum absolute atomic E-state index is 0.262. The first-order chi connectivity index (χ1) is 8.09. The summed E-state index contributed by atoms with van der Waals surface area (Å²) in [5.41, 5.74) is 0.597. The zero-order chi connectivity index (χ0) is 12.2. The topological polar surface area (TPSA) is 43.4 Å². The lowest BCUT2D eigenvalue weighted by atomic mass is 9.97. The van der Waals surface area contributed by atoms with Gasteiger partial charge in [0.1, 0.15) is 0 Å². The number of esters is 2. The highest BCUT2D eigenvalue weighted by Crippen LogP contribution is 2.37. The molecule has 0 amide bonds. The molecule has 2 aromatic rings. The molecule has 0 radical (unpaired) electrons. The Kier molecular flexibility index (Phi) is 2.15. The van der Waals surface area contributed by atoms with Crippen molar-refractivity contribution in [1.82, 2.24) is 0 Å². The van der Waals surface area contributed by atoms with Gasteiger partial charge in [0.2, 0.25) is 0 Å². The largest absolute Gasteiger partial charge is 0.386 e. The van der Waals surface area contributed by atoms with E-state index in [1.54, 1.807) is 18.2 Å². The van der Waals surface area contributed by atoms with Crippen LogP contribution in [0.3, 0.4) is 0 Å². The molecule has 0 aromatic heterocycles. The molecule has 0 saturated carbocycles. The molecule has 84 valence electrons. The average Bonchev–Trinajstić information content (AvgIpc) is 2.31. The van der Waals surface area contributed by atoms with E-state index in [9.17, 15) is 9.59 Å². The quantitative estimate of drug-likeness (QED) is 0.542. The molecular formula is C12H4Cl2O3. The van der Waals surface area contributed by atoms with Crippen LogP contribution >= 0.6 is 23.2 Å². The zero-order valence-electron chi connectivity index (χ0n) is 8.29. The van der Waals surface area contributed by atoms with Crippen LogP contribution in [0.25, 0.3) is 10.8 Å². The SMILES string of the molecule is O=C1OC(=O)c2cc(Cl)c(Cl)c3cccc1c23. The Morgan fingerprint density at radius 2 is 1.71 bits per heavy atom. The highest BCUT2D eigenvalue weighted by atomic mass is 35.5. The number of hydrogen-bond donors (Lipinski definition) is 0. The van der Waals surface area contributed by atoms with Crippen LogP contribution < -0.4 is 0 Å². The van der Waals surface area contributed by atoms with Gasteiger partial charge in [-0.2, -0.15) is 0 Å². The Morgan fingerprint density at radius 1 is 1.00 bits per heavy atom. The first-order valence-corrected chi connectivity index (χ1v) is 5.52. The standard InChI is InChI=1S/C12H4Cl2O3/c13-8-4-7-9-5(10(8)14)2-1-3-6(9)11(15)17-12(7)16/h1-4H. The maximum Gasteiger partial charge on any atom is 0.346 e. The van der Waals surface area contributed by atoms with Crippen LogP contribution in [0.5, 0.6) is 0 Å². The summed E-state index contributed by atoms with van der Waals surface area (Å²) >= 11 is 12.0. The smallest absolute Gasteiger partial charge is 0.346 e. The van der Waals surface area contributed by atoms with Crippen LogP contribution in [-0.2, 0) is 4.74 Å². The van der Waals surface area contributed by atoms with Gasteiger partial charge in [0.05, 0.1) is 21.2 Å². The molecule has 3 rings (SSSR count). The number of carbonyl (C=O) groups excluding carboxylic acids is 2. The third-order valence-corrected chi connectivity index (χ3v) is 3.48. The summed E-state index contributed by atoms with van der Waals surface area (Å²) in [6.45, 7) is 0. The summed E-state index contributed by atoms with van der Waals surface area (Å²) in [6.07, 6.45) is 0. The Hall–Kier alpha value is -1.58. The van der Waals surface area contributed by atoms with E-state index in [-0.39, 0.29) is 10.6 Å². The van der Waals surface area contributed by atoms with Gasteiger partial charge in [-0.05, 0) is 12.1 Å². The number of hydrogen-bond acceptors (Lipinski definition) is 3. The van der Waals surface area contributed by atoms with Gasteiger partial charge in [0.15, 0.2) is 0 Å². The van der Waals surface area contributed by atoms with Gasteiger partial charge in [-0.1, -0.05) is 35.3 Å². The second-order valence-electron chi connectivity index (χ2n) is 3.63. The van der Waals surface area contributed by atoms with Crippen molar-refractivity contribution in [3.63, 3.8) is 0 Å². The van der Waals surface area contributed by atoms with E-state index in [1.807, 2.05) is 0 Å². The van der Waals surface area contributed by atoms with Crippen molar-refractivity contribution in [2.75, 3.05) is 0 Å². The summed E-state index contributed by atoms with van der Waals surface area (Å²) in [5.74, 6) is -1.36. The number of rotatable bonds is 0. The molecule has 0 saturated heterocycles. The van der Waals surface area contributed by atoms with Crippen LogP contribution in [0.1, 0.15) is 20.7 Å². The zero-order valence-corrected chi connectivity index (χ0v) is 9.80. The van der Waals surface area contributed by atoms with E-state index in [0.29, 0.717) is 21.4 Å². The minimum Gasteiger partial charge on any atom is -0.386 e. The lowest BCUT2D eigenvalue weighted by Crippen LogP contribution is -2.19. The van der Waals surface area contributed by atoms with Gasteiger partial charge in [-0.3, -0.25) is 0 Å². The van der Waals surface area contributed by atoms with E-state index in [4.69, 9.17) is 23.2 Å². The molecule has 0 atom stereocenters. The van der Waals surface area contributed by atoms with Crippen molar-refractivity contribution in [2.45, 2.75) is 0 Å². The molecular weight excluding hydrogens is 263 g/mol. The molecule has 2 aromatic carbocycles. The Labute approximate surface area is 106 Å². The number of halogens is 2. The fourth-order valence-electron chi connectivity index (χ4n) is 1.94. The normalized spacial score (nSPS) is 14.0. The van der Waals surface area contributed by atoms with E-state index in [0.717, 1.165) is 0 Å². The Morgan fingerprint density at radius 3 is 2.47 bits per heavy atom. The van der Waals surface area contributed by atoms with Crippen molar-refractivity contribution in [2.24, 2.45) is 0 Å². The van der Waals surface area contributed by atoms with Crippen LogP contribution in [0.4, 0.5) is 0 Å². The van der Waals surface area contributed by atoms with Crippen molar-refractivity contribution < 1.29 is 14.3 Å². The second kappa shape index (κ2) is 3.45. The van der Waals surface area contributed by atoms with Crippen molar-refractivity contribution >= 4 is 45.9 Å². The average molecular weight is 267 g/mol. The second-order valence-corrected chi connectivity index (χ2v) is 4.41. The number of benzene rings is 2. The van der Waals surface area contributed by atoms with Crippen LogP contribution in [0.2, 0.25) is 10.0 Å². The van der Waals surface area contributed by atoms with Gasteiger partial charge in [0.25, 0.3) is 0 Å². The summed E-state index contributed by atoms with van der Waals surface area (Å²) in [6, 6.07) is 6.39. The van der Waals surface area contributed by atoms with E-state index in [1.165, 1.54) is 6.07 Å². The molecule has 17 heavy (non-hydrogen) atoms.